The predicted octanol–water partition coefficient (Wildman–Crippen LogP) is 1.53. The summed E-state index contributed by atoms with van der Waals surface area (Å²) < 4.78 is 5.31. The highest BCUT2D eigenvalue weighted by Gasteiger charge is 2.32. The van der Waals surface area contributed by atoms with Crippen LogP contribution >= 0.6 is 0 Å². The van der Waals surface area contributed by atoms with Crippen molar-refractivity contribution in [3.63, 3.8) is 0 Å². The SMILES string of the molecule is CCC(=O)NCC1CN(c2ccc(C3CCC(=O)NC3)cc2)C(=O)O1. The summed E-state index contributed by atoms with van der Waals surface area (Å²) in [6.45, 7) is 3.18. The Hall–Kier alpha value is -2.57. The quantitative estimate of drug-likeness (QED) is 0.847. The number of hydrogen-bond acceptors (Lipinski definition) is 4. The van der Waals surface area contributed by atoms with Crippen molar-refractivity contribution in [2.45, 2.75) is 38.2 Å². The first-order valence-electron chi connectivity index (χ1n) is 8.68. The van der Waals surface area contributed by atoms with Crippen LogP contribution in [0.5, 0.6) is 0 Å². The van der Waals surface area contributed by atoms with Gasteiger partial charge in [0.25, 0.3) is 0 Å². The van der Waals surface area contributed by atoms with E-state index in [1.807, 2.05) is 24.3 Å². The fourth-order valence-corrected chi connectivity index (χ4v) is 3.14. The van der Waals surface area contributed by atoms with Crippen LogP contribution in [0.15, 0.2) is 24.3 Å². The molecular formula is C18H23N3O4. The third-order valence-electron chi connectivity index (χ3n) is 4.66. The Morgan fingerprint density at radius 2 is 2.08 bits per heavy atom. The lowest BCUT2D eigenvalue weighted by atomic mass is 9.91. The molecule has 0 saturated carbocycles. The summed E-state index contributed by atoms with van der Waals surface area (Å²) in [4.78, 5) is 36.2. The summed E-state index contributed by atoms with van der Waals surface area (Å²) >= 11 is 0. The number of rotatable bonds is 5. The first-order chi connectivity index (χ1) is 12.1. The van der Waals surface area contributed by atoms with Crippen molar-refractivity contribution in [3.8, 4) is 0 Å². The van der Waals surface area contributed by atoms with E-state index in [1.54, 1.807) is 11.8 Å². The third kappa shape index (κ3) is 4.10. The van der Waals surface area contributed by atoms with Crippen LogP contribution < -0.4 is 15.5 Å². The summed E-state index contributed by atoms with van der Waals surface area (Å²) in [5.74, 6) is 0.363. The maximum absolute atomic E-state index is 12.1. The predicted molar refractivity (Wildman–Crippen MR) is 92.3 cm³/mol. The van der Waals surface area contributed by atoms with Gasteiger partial charge in [0.2, 0.25) is 11.8 Å². The second kappa shape index (κ2) is 7.55. The Morgan fingerprint density at radius 1 is 1.32 bits per heavy atom. The van der Waals surface area contributed by atoms with Crippen LogP contribution in [0.3, 0.4) is 0 Å². The van der Waals surface area contributed by atoms with Crippen LogP contribution in [-0.4, -0.2) is 43.6 Å². The first kappa shape index (κ1) is 17.3. The van der Waals surface area contributed by atoms with Crippen molar-refractivity contribution in [2.75, 3.05) is 24.5 Å². The van der Waals surface area contributed by atoms with E-state index < -0.39 is 6.09 Å². The van der Waals surface area contributed by atoms with Crippen molar-refractivity contribution in [3.05, 3.63) is 29.8 Å². The second-order valence-corrected chi connectivity index (χ2v) is 6.41. The third-order valence-corrected chi connectivity index (χ3v) is 4.66. The standard InChI is InChI=1S/C18H23N3O4/c1-2-16(22)20-10-15-11-21(18(24)25-15)14-6-3-12(4-7-14)13-5-8-17(23)19-9-13/h3-4,6-7,13,15H,2,5,8-11H2,1H3,(H,19,23)(H,20,22). The van der Waals surface area contributed by atoms with E-state index in [0.29, 0.717) is 38.4 Å². The number of nitrogens with one attached hydrogen (secondary N) is 2. The molecule has 2 saturated heterocycles. The molecule has 0 bridgehead atoms. The summed E-state index contributed by atoms with van der Waals surface area (Å²) in [5, 5.41) is 5.63. The fourth-order valence-electron chi connectivity index (χ4n) is 3.14. The average molecular weight is 345 g/mol. The summed E-state index contributed by atoms with van der Waals surface area (Å²) in [5.41, 5.74) is 1.93. The molecule has 1 aromatic rings. The lowest BCUT2D eigenvalue weighted by Crippen LogP contribution is -2.34. The number of piperidine rings is 1. The van der Waals surface area contributed by atoms with Gasteiger partial charge in [0.1, 0.15) is 6.10 Å². The Labute approximate surface area is 146 Å². The Kier molecular flexibility index (Phi) is 5.21. The molecule has 2 atom stereocenters. The molecule has 0 spiro atoms. The van der Waals surface area contributed by atoms with E-state index in [2.05, 4.69) is 10.6 Å². The van der Waals surface area contributed by atoms with Gasteiger partial charge in [-0.05, 0) is 24.1 Å². The molecule has 3 rings (SSSR count). The highest BCUT2D eigenvalue weighted by molar-refractivity contribution is 5.89. The number of cyclic esters (lactones) is 1. The fraction of sp³-hybridized carbons (Fsp3) is 0.500. The molecule has 2 aliphatic rings. The van der Waals surface area contributed by atoms with Crippen LogP contribution in [-0.2, 0) is 14.3 Å². The van der Waals surface area contributed by atoms with E-state index in [4.69, 9.17) is 4.74 Å². The van der Waals surface area contributed by atoms with Gasteiger partial charge in [-0.2, -0.15) is 0 Å². The van der Waals surface area contributed by atoms with E-state index in [-0.39, 0.29) is 17.9 Å². The van der Waals surface area contributed by atoms with E-state index >= 15 is 0 Å². The Bertz CT molecular complexity index is 649. The molecule has 2 aliphatic heterocycles. The minimum absolute atomic E-state index is 0.0570. The molecule has 2 N–H and O–H groups in total. The molecule has 2 fully saturated rings. The van der Waals surface area contributed by atoms with Crippen LogP contribution in [0.2, 0.25) is 0 Å². The molecule has 0 radical (unpaired) electrons. The van der Waals surface area contributed by atoms with Gasteiger partial charge in [-0.25, -0.2) is 4.79 Å². The van der Waals surface area contributed by atoms with Gasteiger partial charge in [-0.3, -0.25) is 14.5 Å². The number of carbonyl (C=O) groups is 3. The zero-order chi connectivity index (χ0) is 17.8. The lowest BCUT2D eigenvalue weighted by molar-refractivity contribution is -0.122. The maximum Gasteiger partial charge on any atom is 0.414 e. The van der Waals surface area contributed by atoms with Crippen molar-refractivity contribution in [1.82, 2.24) is 10.6 Å². The monoisotopic (exact) mass is 345 g/mol. The molecule has 7 heteroatoms. The van der Waals surface area contributed by atoms with Crippen LogP contribution in [0, 0.1) is 0 Å². The molecular weight excluding hydrogens is 322 g/mol. The van der Waals surface area contributed by atoms with E-state index in [9.17, 15) is 14.4 Å². The molecule has 25 heavy (non-hydrogen) atoms. The normalized spacial score (nSPS) is 23.2. The molecule has 1 aromatic carbocycles. The van der Waals surface area contributed by atoms with Gasteiger partial charge in [0.15, 0.2) is 0 Å². The molecule has 134 valence electrons. The van der Waals surface area contributed by atoms with Crippen molar-refractivity contribution >= 4 is 23.6 Å². The molecule has 0 aliphatic carbocycles. The van der Waals surface area contributed by atoms with Gasteiger partial charge in [0.05, 0.1) is 13.1 Å². The Balaban J connectivity index is 1.59. The molecule has 2 heterocycles. The smallest absolute Gasteiger partial charge is 0.414 e. The van der Waals surface area contributed by atoms with E-state index in [0.717, 1.165) is 17.7 Å². The van der Waals surface area contributed by atoms with Gasteiger partial charge in [-0.1, -0.05) is 19.1 Å². The summed E-state index contributed by atoms with van der Waals surface area (Å²) in [7, 11) is 0. The van der Waals surface area contributed by atoms with Gasteiger partial charge in [-0.15, -0.1) is 0 Å². The topological polar surface area (TPSA) is 87.7 Å². The number of ether oxygens (including phenoxy) is 1. The number of hydrogen-bond donors (Lipinski definition) is 2. The zero-order valence-corrected chi connectivity index (χ0v) is 14.3. The summed E-state index contributed by atoms with van der Waals surface area (Å²) in [6.07, 6.45) is 1.07. The lowest BCUT2D eigenvalue weighted by Gasteiger charge is -2.23. The molecule has 2 unspecified atom stereocenters. The van der Waals surface area contributed by atoms with Gasteiger partial charge >= 0.3 is 6.09 Å². The number of benzene rings is 1. The van der Waals surface area contributed by atoms with Gasteiger partial charge in [0, 0.05) is 31.0 Å². The number of amides is 3. The molecule has 3 amide bonds. The molecule has 0 aromatic heterocycles. The van der Waals surface area contributed by atoms with Gasteiger partial charge < -0.3 is 15.4 Å². The largest absolute Gasteiger partial charge is 0.442 e. The Morgan fingerprint density at radius 3 is 2.72 bits per heavy atom. The van der Waals surface area contributed by atoms with Crippen molar-refractivity contribution in [2.24, 2.45) is 0 Å². The van der Waals surface area contributed by atoms with Crippen molar-refractivity contribution < 1.29 is 19.1 Å². The van der Waals surface area contributed by atoms with Crippen LogP contribution in [0.25, 0.3) is 0 Å². The number of anilines is 1. The number of carbonyl (C=O) groups excluding carboxylic acids is 3. The van der Waals surface area contributed by atoms with Crippen molar-refractivity contribution in [1.29, 1.82) is 0 Å². The average Bonchev–Trinajstić information content (AvgIpc) is 3.01. The van der Waals surface area contributed by atoms with E-state index in [1.165, 1.54) is 0 Å². The van der Waals surface area contributed by atoms with Crippen LogP contribution in [0.1, 0.15) is 37.7 Å². The highest BCUT2D eigenvalue weighted by Crippen LogP contribution is 2.27. The molecule has 7 nitrogen and oxygen atoms in total. The first-order valence-corrected chi connectivity index (χ1v) is 8.68. The highest BCUT2D eigenvalue weighted by atomic mass is 16.6. The second-order valence-electron chi connectivity index (χ2n) is 6.41. The zero-order valence-electron chi connectivity index (χ0n) is 14.3. The minimum atomic E-state index is -0.395. The van der Waals surface area contributed by atoms with Crippen LogP contribution in [0.4, 0.5) is 10.5 Å². The summed E-state index contributed by atoms with van der Waals surface area (Å²) in [6, 6.07) is 7.80. The minimum Gasteiger partial charge on any atom is -0.442 e. The number of nitrogens with zero attached hydrogens (tertiary/aromatic N) is 1. The maximum atomic E-state index is 12.1.